The molecule has 2 amide bonds. The Kier molecular flexibility index (Phi) is 4.80. The van der Waals surface area contributed by atoms with Gasteiger partial charge in [0.2, 0.25) is 11.8 Å². The number of aromatic hydroxyl groups is 1. The van der Waals surface area contributed by atoms with Gasteiger partial charge in [-0.2, -0.15) is 0 Å². The van der Waals surface area contributed by atoms with Gasteiger partial charge < -0.3 is 20.6 Å². The van der Waals surface area contributed by atoms with Gasteiger partial charge in [-0.1, -0.05) is 12.1 Å². The van der Waals surface area contributed by atoms with E-state index in [-0.39, 0.29) is 24.1 Å². The first-order valence-corrected chi connectivity index (χ1v) is 7.03. The zero-order valence-corrected chi connectivity index (χ0v) is 12.2. The largest absolute Gasteiger partial charge is 0.508 e. The van der Waals surface area contributed by atoms with E-state index in [1.54, 1.807) is 36.2 Å². The fraction of sp³-hybridized carbons (Fsp3) is 0.467. The quantitative estimate of drug-likeness (QED) is 0.817. The van der Waals surface area contributed by atoms with Gasteiger partial charge >= 0.3 is 0 Å². The Morgan fingerprint density at radius 3 is 2.67 bits per heavy atom. The highest BCUT2D eigenvalue weighted by Gasteiger charge is 2.26. The van der Waals surface area contributed by atoms with E-state index >= 15 is 0 Å². The average Bonchev–Trinajstić information content (AvgIpc) is 2.63. The lowest BCUT2D eigenvalue weighted by molar-refractivity contribution is -0.138. The van der Waals surface area contributed by atoms with E-state index in [2.05, 4.69) is 0 Å². The number of carbonyl (C=O) groups excluding carboxylic acids is 2. The molecule has 3 N–H and O–H groups in total. The molecule has 0 spiro atoms. The zero-order chi connectivity index (χ0) is 15.4. The van der Waals surface area contributed by atoms with Crippen LogP contribution in [0.2, 0.25) is 0 Å². The molecular weight excluding hydrogens is 270 g/mol. The van der Waals surface area contributed by atoms with E-state index in [0.29, 0.717) is 19.5 Å². The molecule has 1 heterocycles. The van der Waals surface area contributed by atoms with Gasteiger partial charge in [0.1, 0.15) is 5.75 Å². The third-order valence-electron chi connectivity index (χ3n) is 3.69. The molecule has 1 aromatic carbocycles. The number of hydrogen-bond acceptors (Lipinski definition) is 4. The van der Waals surface area contributed by atoms with Crippen LogP contribution < -0.4 is 5.73 Å². The van der Waals surface area contributed by atoms with Crippen LogP contribution in [0.5, 0.6) is 5.75 Å². The maximum Gasteiger partial charge on any atom is 0.241 e. The predicted octanol–water partition coefficient (Wildman–Crippen LogP) is -0.0473. The SMILES string of the molecule is CN1CCCN(C(=O)[C@H](N)Cc2ccc(O)cc2)CC1=O. The molecule has 1 saturated heterocycles. The Balaban J connectivity index is 1.98. The minimum Gasteiger partial charge on any atom is -0.508 e. The van der Waals surface area contributed by atoms with Crippen molar-refractivity contribution in [2.45, 2.75) is 18.9 Å². The lowest BCUT2D eigenvalue weighted by atomic mass is 10.1. The summed E-state index contributed by atoms with van der Waals surface area (Å²) in [7, 11) is 1.74. The number of benzene rings is 1. The minimum atomic E-state index is -0.675. The summed E-state index contributed by atoms with van der Waals surface area (Å²) < 4.78 is 0. The number of amides is 2. The smallest absolute Gasteiger partial charge is 0.241 e. The summed E-state index contributed by atoms with van der Waals surface area (Å²) in [6, 6.07) is 5.94. The second kappa shape index (κ2) is 6.58. The molecule has 114 valence electrons. The second-order valence-electron chi connectivity index (χ2n) is 5.41. The molecule has 0 aliphatic carbocycles. The molecule has 21 heavy (non-hydrogen) atoms. The topological polar surface area (TPSA) is 86.9 Å². The maximum atomic E-state index is 12.4. The van der Waals surface area contributed by atoms with Crippen molar-refractivity contribution in [1.29, 1.82) is 0 Å². The summed E-state index contributed by atoms with van der Waals surface area (Å²) in [5.74, 6) is -0.0794. The molecular formula is C15H21N3O3. The first kappa shape index (κ1) is 15.3. The van der Waals surface area contributed by atoms with Gasteiger partial charge in [-0.05, 0) is 30.5 Å². The Morgan fingerprint density at radius 2 is 2.00 bits per heavy atom. The Bertz CT molecular complexity index is 515. The van der Waals surface area contributed by atoms with E-state index in [4.69, 9.17) is 5.73 Å². The van der Waals surface area contributed by atoms with Crippen LogP contribution in [0.4, 0.5) is 0 Å². The van der Waals surface area contributed by atoms with E-state index in [1.165, 1.54) is 4.90 Å². The van der Waals surface area contributed by atoms with Crippen LogP contribution in [0.15, 0.2) is 24.3 Å². The molecule has 0 bridgehead atoms. The molecule has 1 aromatic rings. The fourth-order valence-corrected chi connectivity index (χ4v) is 2.38. The van der Waals surface area contributed by atoms with Crippen molar-refractivity contribution in [3.8, 4) is 5.75 Å². The van der Waals surface area contributed by atoms with Crippen LogP contribution >= 0.6 is 0 Å². The monoisotopic (exact) mass is 291 g/mol. The summed E-state index contributed by atoms with van der Waals surface area (Å²) in [5, 5.41) is 9.24. The van der Waals surface area contributed by atoms with Crippen LogP contribution in [0, 0.1) is 0 Å². The molecule has 6 heteroatoms. The van der Waals surface area contributed by atoms with Crippen molar-refractivity contribution < 1.29 is 14.7 Å². The van der Waals surface area contributed by atoms with Crippen LogP contribution in [0.1, 0.15) is 12.0 Å². The van der Waals surface area contributed by atoms with E-state index in [1.807, 2.05) is 0 Å². The summed E-state index contributed by atoms with van der Waals surface area (Å²) in [6.45, 7) is 1.31. The third kappa shape index (κ3) is 3.95. The van der Waals surface area contributed by atoms with Gasteiger partial charge in [0.15, 0.2) is 0 Å². The lowest BCUT2D eigenvalue weighted by Crippen LogP contribution is -2.47. The Morgan fingerprint density at radius 1 is 1.33 bits per heavy atom. The molecule has 2 rings (SSSR count). The number of hydrogen-bond donors (Lipinski definition) is 2. The van der Waals surface area contributed by atoms with Gasteiger partial charge in [-0.25, -0.2) is 0 Å². The predicted molar refractivity (Wildman–Crippen MR) is 78.6 cm³/mol. The standard InChI is InChI=1S/C15H21N3O3/c1-17-7-2-8-18(10-14(17)20)15(21)13(16)9-11-3-5-12(19)6-4-11/h3-6,13,19H,2,7-10,16H2,1H3/t13-/m1/s1. The van der Waals surface area contributed by atoms with E-state index in [9.17, 15) is 14.7 Å². The third-order valence-corrected chi connectivity index (χ3v) is 3.69. The van der Waals surface area contributed by atoms with Crippen molar-refractivity contribution in [1.82, 2.24) is 9.80 Å². The number of phenolic OH excluding ortho intramolecular Hbond substituents is 1. The highest BCUT2D eigenvalue weighted by molar-refractivity contribution is 5.87. The molecule has 6 nitrogen and oxygen atoms in total. The normalized spacial score (nSPS) is 17.5. The number of nitrogens with two attached hydrogens (primary N) is 1. The Labute approximate surface area is 124 Å². The average molecular weight is 291 g/mol. The number of rotatable bonds is 3. The second-order valence-corrected chi connectivity index (χ2v) is 5.41. The number of carbonyl (C=O) groups is 2. The van der Waals surface area contributed by atoms with Crippen LogP contribution in [0.25, 0.3) is 0 Å². The van der Waals surface area contributed by atoms with Crippen molar-refractivity contribution in [3.63, 3.8) is 0 Å². The van der Waals surface area contributed by atoms with Crippen LogP contribution in [0.3, 0.4) is 0 Å². The molecule has 0 saturated carbocycles. The number of likely N-dealkylation sites (N-methyl/N-ethyl adjacent to an activating group) is 1. The van der Waals surface area contributed by atoms with Gasteiger partial charge in [0.05, 0.1) is 12.6 Å². The lowest BCUT2D eigenvalue weighted by Gasteiger charge is -2.23. The molecule has 0 radical (unpaired) electrons. The summed E-state index contributed by atoms with van der Waals surface area (Å²) in [5.41, 5.74) is 6.85. The van der Waals surface area contributed by atoms with Crippen molar-refractivity contribution >= 4 is 11.8 Å². The summed E-state index contributed by atoms with van der Waals surface area (Å²) >= 11 is 0. The van der Waals surface area contributed by atoms with Crippen molar-refractivity contribution in [2.75, 3.05) is 26.7 Å². The van der Waals surface area contributed by atoms with Gasteiger partial charge in [-0.15, -0.1) is 0 Å². The summed E-state index contributed by atoms with van der Waals surface area (Å²) in [6.07, 6.45) is 1.15. The van der Waals surface area contributed by atoms with Crippen molar-refractivity contribution in [2.24, 2.45) is 5.73 Å². The minimum absolute atomic E-state index is 0.0577. The molecule has 0 aromatic heterocycles. The van der Waals surface area contributed by atoms with Gasteiger partial charge in [-0.3, -0.25) is 9.59 Å². The highest BCUT2D eigenvalue weighted by atomic mass is 16.3. The molecule has 1 fully saturated rings. The first-order valence-electron chi connectivity index (χ1n) is 7.03. The Hall–Kier alpha value is -2.08. The zero-order valence-electron chi connectivity index (χ0n) is 12.2. The maximum absolute atomic E-state index is 12.4. The van der Waals surface area contributed by atoms with E-state index in [0.717, 1.165) is 12.0 Å². The molecule has 1 aliphatic heterocycles. The number of nitrogens with zero attached hydrogens (tertiary/aromatic N) is 2. The first-order chi connectivity index (χ1) is 9.97. The summed E-state index contributed by atoms with van der Waals surface area (Å²) in [4.78, 5) is 27.3. The molecule has 1 atom stereocenters. The van der Waals surface area contributed by atoms with Crippen molar-refractivity contribution in [3.05, 3.63) is 29.8 Å². The fourth-order valence-electron chi connectivity index (χ4n) is 2.38. The van der Waals surface area contributed by atoms with Gasteiger partial charge in [0.25, 0.3) is 0 Å². The molecule has 1 aliphatic rings. The van der Waals surface area contributed by atoms with Crippen LogP contribution in [-0.4, -0.2) is 59.4 Å². The van der Waals surface area contributed by atoms with Gasteiger partial charge in [0, 0.05) is 20.1 Å². The number of phenols is 1. The van der Waals surface area contributed by atoms with E-state index < -0.39 is 6.04 Å². The van der Waals surface area contributed by atoms with Crippen LogP contribution in [-0.2, 0) is 16.0 Å². The highest BCUT2D eigenvalue weighted by Crippen LogP contribution is 2.12. The molecule has 0 unspecified atom stereocenters.